The van der Waals surface area contributed by atoms with Crippen molar-refractivity contribution in [1.29, 1.82) is 0 Å². The SMILES string of the molecule is O=C(O)c1ccc(Oc2ccc3c(c2)CCN(C2CCC2)CC3)c(F)c1. The van der Waals surface area contributed by atoms with E-state index in [-0.39, 0.29) is 11.3 Å². The Balaban J connectivity index is 1.49. The van der Waals surface area contributed by atoms with Gasteiger partial charge in [0.25, 0.3) is 0 Å². The molecule has 2 aromatic rings. The largest absolute Gasteiger partial charge is 0.478 e. The van der Waals surface area contributed by atoms with E-state index in [4.69, 9.17) is 9.84 Å². The summed E-state index contributed by atoms with van der Waals surface area (Å²) in [7, 11) is 0. The van der Waals surface area contributed by atoms with E-state index in [2.05, 4.69) is 11.0 Å². The quantitative estimate of drug-likeness (QED) is 0.890. The number of aromatic carboxylic acids is 1. The summed E-state index contributed by atoms with van der Waals surface area (Å²) < 4.78 is 19.8. The minimum Gasteiger partial charge on any atom is -0.478 e. The van der Waals surface area contributed by atoms with Gasteiger partial charge in [-0.05, 0) is 67.1 Å². The molecule has 2 aromatic carbocycles. The van der Waals surface area contributed by atoms with Crippen molar-refractivity contribution in [2.45, 2.75) is 38.1 Å². The molecule has 26 heavy (non-hydrogen) atoms. The standard InChI is InChI=1S/C21H22FNO3/c22-19-13-16(21(24)25)5-7-20(19)26-18-6-4-14-8-10-23(17-2-1-3-17)11-9-15(14)12-18/h4-7,12-13,17H,1-3,8-11H2,(H,24,25). The zero-order valence-electron chi connectivity index (χ0n) is 14.6. The van der Waals surface area contributed by atoms with E-state index in [1.807, 2.05) is 12.1 Å². The van der Waals surface area contributed by atoms with Gasteiger partial charge in [-0.25, -0.2) is 9.18 Å². The third-order valence-electron chi connectivity index (χ3n) is 5.51. The van der Waals surface area contributed by atoms with Crippen molar-refractivity contribution in [3.8, 4) is 11.5 Å². The lowest BCUT2D eigenvalue weighted by atomic mass is 9.91. The summed E-state index contributed by atoms with van der Waals surface area (Å²) in [5, 5.41) is 8.92. The second kappa shape index (κ2) is 7.08. The van der Waals surface area contributed by atoms with E-state index in [0.717, 1.165) is 38.0 Å². The van der Waals surface area contributed by atoms with E-state index in [1.54, 1.807) is 0 Å². The van der Waals surface area contributed by atoms with Crippen molar-refractivity contribution in [2.24, 2.45) is 0 Å². The van der Waals surface area contributed by atoms with Crippen LogP contribution in [0.25, 0.3) is 0 Å². The molecule has 1 saturated carbocycles. The van der Waals surface area contributed by atoms with Gasteiger partial charge in [0.15, 0.2) is 11.6 Å². The number of carboxylic acid groups (broad SMARTS) is 1. The summed E-state index contributed by atoms with van der Waals surface area (Å²) in [6.45, 7) is 2.16. The molecule has 0 radical (unpaired) electrons. The van der Waals surface area contributed by atoms with Crippen LogP contribution in [0.2, 0.25) is 0 Å². The molecule has 0 bridgehead atoms. The van der Waals surface area contributed by atoms with Crippen molar-refractivity contribution in [3.63, 3.8) is 0 Å². The van der Waals surface area contributed by atoms with Crippen LogP contribution in [-0.4, -0.2) is 35.1 Å². The Hall–Kier alpha value is -2.40. The van der Waals surface area contributed by atoms with Crippen molar-refractivity contribution in [2.75, 3.05) is 13.1 Å². The van der Waals surface area contributed by atoms with Crippen LogP contribution in [0.4, 0.5) is 4.39 Å². The minimum absolute atomic E-state index is 0.0414. The number of ether oxygens (including phenoxy) is 1. The van der Waals surface area contributed by atoms with E-state index in [9.17, 15) is 9.18 Å². The highest BCUT2D eigenvalue weighted by atomic mass is 19.1. The summed E-state index contributed by atoms with van der Waals surface area (Å²) in [5.74, 6) is -1.20. The van der Waals surface area contributed by atoms with Crippen molar-refractivity contribution < 1.29 is 19.0 Å². The van der Waals surface area contributed by atoms with Crippen LogP contribution >= 0.6 is 0 Å². The van der Waals surface area contributed by atoms with Gasteiger partial charge in [0.2, 0.25) is 0 Å². The molecule has 4 rings (SSSR count). The molecule has 1 aliphatic heterocycles. The van der Waals surface area contributed by atoms with Crippen molar-refractivity contribution >= 4 is 5.97 Å². The first-order chi connectivity index (χ1) is 12.6. The lowest BCUT2D eigenvalue weighted by Gasteiger charge is -2.36. The van der Waals surface area contributed by atoms with Crippen LogP contribution in [0, 0.1) is 5.82 Å². The number of carboxylic acids is 1. The van der Waals surface area contributed by atoms with Gasteiger partial charge in [-0.15, -0.1) is 0 Å². The van der Waals surface area contributed by atoms with Crippen LogP contribution in [0.1, 0.15) is 40.7 Å². The molecule has 1 N–H and O–H groups in total. The highest BCUT2D eigenvalue weighted by molar-refractivity contribution is 5.87. The average Bonchev–Trinajstić information content (AvgIpc) is 2.78. The first kappa shape index (κ1) is 17.0. The molecule has 4 nitrogen and oxygen atoms in total. The van der Waals surface area contributed by atoms with Gasteiger partial charge < -0.3 is 9.84 Å². The van der Waals surface area contributed by atoms with Crippen LogP contribution in [0.15, 0.2) is 36.4 Å². The smallest absolute Gasteiger partial charge is 0.335 e. The molecule has 1 fully saturated rings. The Morgan fingerprint density at radius 3 is 2.50 bits per heavy atom. The lowest BCUT2D eigenvalue weighted by molar-refractivity contribution is 0.0696. The van der Waals surface area contributed by atoms with Gasteiger partial charge in [-0.2, -0.15) is 0 Å². The molecule has 136 valence electrons. The Kier molecular flexibility index (Phi) is 4.64. The Morgan fingerprint density at radius 2 is 1.85 bits per heavy atom. The summed E-state index contributed by atoms with van der Waals surface area (Å²) in [5.41, 5.74) is 2.50. The number of carbonyl (C=O) groups is 1. The predicted octanol–water partition coefficient (Wildman–Crippen LogP) is 4.27. The number of rotatable bonds is 4. The van der Waals surface area contributed by atoms with Crippen molar-refractivity contribution in [1.82, 2.24) is 4.90 Å². The van der Waals surface area contributed by atoms with Crippen molar-refractivity contribution in [3.05, 3.63) is 58.9 Å². The average molecular weight is 355 g/mol. The maximum Gasteiger partial charge on any atom is 0.335 e. The van der Waals surface area contributed by atoms with Gasteiger partial charge in [0, 0.05) is 19.1 Å². The van der Waals surface area contributed by atoms with Crippen LogP contribution in [0.3, 0.4) is 0 Å². The molecule has 2 aliphatic rings. The number of nitrogens with zero attached hydrogens (tertiary/aromatic N) is 1. The van der Waals surface area contributed by atoms with Gasteiger partial charge in [-0.3, -0.25) is 4.90 Å². The molecule has 1 heterocycles. The Bertz CT molecular complexity index is 832. The highest BCUT2D eigenvalue weighted by Crippen LogP contribution is 2.30. The van der Waals surface area contributed by atoms with Crippen LogP contribution < -0.4 is 4.74 Å². The number of fused-ring (bicyclic) bond motifs is 1. The normalized spacial score (nSPS) is 17.9. The maximum atomic E-state index is 14.1. The minimum atomic E-state index is -1.16. The van der Waals surface area contributed by atoms with Gasteiger partial charge in [0.05, 0.1) is 5.56 Å². The van der Waals surface area contributed by atoms with E-state index < -0.39 is 11.8 Å². The zero-order chi connectivity index (χ0) is 18.1. The number of hydrogen-bond acceptors (Lipinski definition) is 3. The number of hydrogen-bond donors (Lipinski definition) is 1. The second-order valence-corrected chi connectivity index (χ2v) is 7.10. The summed E-state index contributed by atoms with van der Waals surface area (Å²) >= 11 is 0. The van der Waals surface area contributed by atoms with Gasteiger partial charge in [0.1, 0.15) is 5.75 Å². The molecule has 0 atom stereocenters. The molecule has 0 spiro atoms. The predicted molar refractivity (Wildman–Crippen MR) is 96.5 cm³/mol. The van der Waals surface area contributed by atoms with E-state index in [1.165, 1.54) is 42.5 Å². The molecular formula is C21H22FNO3. The third kappa shape index (κ3) is 3.44. The molecule has 0 aromatic heterocycles. The first-order valence-corrected chi connectivity index (χ1v) is 9.17. The molecule has 5 heteroatoms. The summed E-state index contributed by atoms with van der Waals surface area (Å²) in [4.78, 5) is 13.5. The Morgan fingerprint density at radius 1 is 1.08 bits per heavy atom. The van der Waals surface area contributed by atoms with E-state index in [0.29, 0.717) is 5.75 Å². The zero-order valence-corrected chi connectivity index (χ0v) is 14.6. The third-order valence-corrected chi connectivity index (χ3v) is 5.51. The fourth-order valence-electron chi connectivity index (χ4n) is 3.74. The molecule has 0 saturated heterocycles. The maximum absolute atomic E-state index is 14.1. The second-order valence-electron chi connectivity index (χ2n) is 7.10. The Labute approximate surface area is 152 Å². The molecule has 0 amide bonds. The topological polar surface area (TPSA) is 49.8 Å². The van der Waals surface area contributed by atoms with Gasteiger partial charge >= 0.3 is 5.97 Å². The molecule has 1 aliphatic carbocycles. The monoisotopic (exact) mass is 355 g/mol. The molecular weight excluding hydrogens is 333 g/mol. The summed E-state index contributed by atoms with van der Waals surface area (Å²) in [6, 6.07) is 10.4. The fourth-order valence-corrected chi connectivity index (χ4v) is 3.74. The lowest BCUT2D eigenvalue weighted by Crippen LogP contribution is -2.41. The number of halogens is 1. The summed E-state index contributed by atoms with van der Waals surface area (Å²) in [6.07, 6.45) is 5.99. The van der Waals surface area contributed by atoms with Crippen LogP contribution in [0.5, 0.6) is 11.5 Å². The highest BCUT2D eigenvalue weighted by Gasteiger charge is 2.26. The van der Waals surface area contributed by atoms with Gasteiger partial charge in [-0.1, -0.05) is 12.5 Å². The number of benzene rings is 2. The molecule has 0 unspecified atom stereocenters. The van der Waals surface area contributed by atoms with E-state index >= 15 is 0 Å². The van der Waals surface area contributed by atoms with Crippen LogP contribution in [-0.2, 0) is 12.8 Å². The first-order valence-electron chi connectivity index (χ1n) is 9.17. The fraction of sp³-hybridized carbons (Fsp3) is 0.381.